The number of nitrogens with zero attached hydrogens (tertiary/aromatic N) is 2. The van der Waals surface area contributed by atoms with Crippen molar-refractivity contribution in [3.05, 3.63) is 30.1 Å². The fourth-order valence-corrected chi connectivity index (χ4v) is 3.25. The van der Waals surface area contributed by atoms with Crippen LogP contribution < -0.4 is 0 Å². The van der Waals surface area contributed by atoms with Gasteiger partial charge in [-0.3, -0.25) is 4.98 Å². The summed E-state index contributed by atoms with van der Waals surface area (Å²) in [4.78, 5) is 4.03. The van der Waals surface area contributed by atoms with Gasteiger partial charge in [0.25, 0.3) is 0 Å². The third-order valence-corrected chi connectivity index (χ3v) is 4.55. The van der Waals surface area contributed by atoms with E-state index in [0.717, 1.165) is 31.2 Å². The summed E-state index contributed by atoms with van der Waals surface area (Å²) in [5.74, 6) is 0. The van der Waals surface area contributed by atoms with Crippen molar-refractivity contribution >= 4 is 10.0 Å². The van der Waals surface area contributed by atoms with Crippen LogP contribution in [0, 0.1) is 0 Å². The van der Waals surface area contributed by atoms with E-state index in [1.807, 2.05) is 19.1 Å². The summed E-state index contributed by atoms with van der Waals surface area (Å²) in [5.41, 5.74) is 0.926. The zero-order valence-corrected chi connectivity index (χ0v) is 12.9. The molecule has 0 bridgehead atoms. The number of pyridine rings is 1. The van der Waals surface area contributed by atoms with Crippen LogP contribution in [-0.4, -0.2) is 30.0 Å². The second-order valence-corrected chi connectivity index (χ2v) is 6.95. The molecule has 1 atom stereocenters. The molecule has 5 heteroatoms. The van der Waals surface area contributed by atoms with Crippen LogP contribution in [0.4, 0.5) is 0 Å². The largest absolute Gasteiger partial charge is 0.264 e. The first-order valence-electron chi connectivity index (χ1n) is 6.81. The van der Waals surface area contributed by atoms with Crippen molar-refractivity contribution < 1.29 is 8.42 Å². The summed E-state index contributed by atoms with van der Waals surface area (Å²) in [6.45, 7) is 4.53. The molecule has 0 saturated carbocycles. The van der Waals surface area contributed by atoms with Gasteiger partial charge in [-0.05, 0) is 25.0 Å². The van der Waals surface area contributed by atoms with E-state index >= 15 is 0 Å². The van der Waals surface area contributed by atoms with Gasteiger partial charge in [-0.1, -0.05) is 32.3 Å². The van der Waals surface area contributed by atoms with Gasteiger partial charge in [0.1, 0.15) is 0 Å². The maximum atomic E-state index is 11.9. The lowest BCUT2D eigenvalue weighted by atomic mass is 10.1. The maximum absolute atomic E-state index is 11.9. The highest BCUT2D eigenvalue weighted by atomic mass is 32.2. The molecule has 0 aliphatic carbocycles. The Morgan fingerprint density at radius 3 is 2.63 bits per heavy atom. The minimum atomic E-state index is -3.19. The average Bonchev–Trinajstić information content (AvgIpc) is 2.36. The number of aromatic nitrogens is 1. The molecule has 1 aromatic rings. The molecule has 1 unspecified atom stereocenters. The lowest BCUT2D eigenvalue weighted by molar-refractivity contribution is 0.311. The molecule has 0 N–H and O–H groups in total. The zero-order valence-electron chi connectivity index (χ0n) is 12.0. The van der Waals surface area contributed by atoms with Gasteiger partial charge >= 0.3 is 0 Å². The molecule has 0 aliphatic heterocycles. The summed E-state index contributed by atoms with van der Waals surface area (Å²) in [6, 6.07) is 3.77. The van der Waals surface area contributed by atoms with Gasteiger partial charge in [0.15, 0.2) is 0 Å². The molecule has 0 saturated heterocycles. The summed E-state index contributed by atoms with van der Waals surface area (Å²) in [7, 11) is -3.19. The summed E-state index contributed by atoms with van der Waals surface area (Å²) in [6.07, 6.45) is 8.95. The summed E-state index contributed by atoms with van der Waals surface area (Å²) in [5, 5.41) is 0. The van der Waals surface area contributed by atoms with Crippen LogP contribution in [0.15, 0.2) is 24.5 Å². The zero-order chi connectivity index (χ0) is 14.3. The van der Waals surface area contributed by atoms with Gasteiger partial charge < -0.3 is 0 Å². The molecule has 19 heavy (non-hydrogen) atoms. The Labute approximate surface area is 116 Å². The van der Waals surface area contributed by atoms with Crippen molar-refractivity contribution in [3.63, 3.8) is 0 Å². The molecule has 0 aromatic carbocycles. The van der Waals surface area contributed by atoms with E-state index in [-0.39, 0.29) is 6.04 Å². The molecular formula is C14H24N2O2S. The lowest BCUT2D eigenvalue weighted by Crippen LogP contribution is -2.37. The highest BCUT2D eigenvalue weighted by Crippen LogP contribution is 2.16. The Kier molecular flexibility index (Phi) is 6.45. The third-order valence-electron chi connectivity index (χ3n) is 3.20. The van der Waals surface area contributed by atoms with Crippen LogP contribution in [0.2, 0.25) is 0 Å². The predicted octanol–water partition coefficient (Wildman–Crippen LogP) is 2.81. The van der Waals surface area contributed by atoms with Crippen LogP contribution in [0.5, 0.6) is 0 Å². The average molecular weight is 284 g/mol. The number of unbranched alkanes of at least 4 members (excludes halogenated alkanes) is 2. The van der Waals surface area contributed by atoms with E-state index in [9.17, 15) is 8.42 Å². The fourth-order valence-electron chi connectivity index (χ4n) is 2.11. The predicted molar refractivity (Wildman–Crippen MR) is 78.2 cm³/mol. The highest BCUT2D eigenvalue weighted by Gasteiger charge is 2.23. The molecule has 0 aliphatic rings. The van der Waals surface area contributed by atoms with E-state index < -0.39 is 10.0 Å². The van der Waals surface area contributed by atoms with E-state index in [4.69, 9.17) is 0 Å². The first-order valence-corrected chi connectivity index (χ1v) is 8.65. The Morgan fingerprint density at radius 2 is 2.11 bits per heavy atom. The van der Waals surface area contributed by atoms with Crippen molar-refractivity contribution in [1.29, 1.82) is 0 Å². The van der Waals surface area contributed by atoms with Crippen molar-refractivity contribution in [1.82, 2.24) is 9.29 Å². The van der Waals surface area contributed by atoms with E-state index in [1.165, 1.54) is 6.26 Å². The summed E-state index contributed by atoms with van der Waals surface area (Å²) >= 11 is 0. The normalized spacial score (nSPS) is 13.7. The molecule has 108 valence electrons. The van der Waals surface area contributed by atoms with Crippen LogP contribution in [0.3, 0.4) is 0 Å². The molecule has 4 nitrogen and oxygen atoms in total. The van der Waals surface area contributed by atoms with Crippen molar-refractivity contribution in [3.8, 4) is 0 Å². The molecule has 0 spiro atoms. The first kappa shape index (κ1) is 16.1. The van der Waals surface area contributed by atoms with Gasteiger partial charge in [0.05, 0.1) is 6.26 Å². The van der Waals surface area contributed by atoms with Crippen LogP contribution >= 0.6 is 0 Å². The van der Waals surface area contributed by atoms with Crippen LogP contribution in [0.1, 0.15) is 45.1 Å². The standard InChI is InChI=1S/C14H24N2O2S/c1-4-5-6-8-13(2)16(19(3,17)18)12-14-9-7-10-15-11-14/h7,9-11,13H,4-6,8,12H2,1-3H3. The minimum absolute atomic E-state index is 0.0294. The SMILES string of the molecule is CCCCCC(C)N(Cc1cccnc1)S(C)(=O)=O. The second-order valence-electron chi connectivity index (χ2n) is 5.01. The Hall–Kier alpha value is -0.940. The topological polar surface area (TPSA) is 50.3 Å². The number of rotatable bonds is 8. The smallest absolute Gasteiger partial charge is 0.211 e. The van der Waals surface area contributed by atoms with Crippen LogP contribution in [-0.2, 0) is 16.6 Å². The van der Waals surface area contributed by atoms with Gasteiger partial charge in [-0.15, -0.1) is 0 Å². The van der Waals surface area contributed by atoms with E-state index in [0.29, 0.717) is 6.54 Å². The lowest BCUT2D eigenvalue weighted by Gasteiger charge is -2.26. The maximum Gasteiger partial charge on any atom is 0.211 e. The molecule has 1 aromatic heterocycles. The van der Waals surface area contributed by atoms with Crippen molar-refractivity contribution in [2.75, 3.05) is 6.26 Å². The second kappa shape index (κ2) is 7.60. The Morgan fingerprint density at radius 1 is 1.37 bits per heavy atom. The number of hydrogen-bond donors (Lipinski definition) is 0. The number of hydrogen-bond acceptors (Lipinski definition) is 3. The van der Waals surface area contributed by atoms with Crippen molar-refractivity contribution in [2.24, 2.45) is 0 Å². The number of sulfonamides is 1. The van der Waals surface area contributed by atoms with Gasteiger partial charge in [-0.25, -0.2) is 8.42 Å². The monoisotopic (exact) mass is 284 g/mol. The Balaban J connectivity index is 2.73. The molecule has 0 amide bonds. The van der Waals surface area contributed by atoms with Gasteiger partial charge in [0.2, 0.25) is 10.0 Å². The van der Waals surface area contributed by atoms with Gasteiger partial charge in [-0.2, -0.15) is 4.31 Å². The summed E-state index contributed by atoms with van der Waals surface area (Å²) < 4.78 is 25.4. The molecule has 0 radical (unpaired) electrons. The minimum Gasteiger partial charge on any atom is -0.264 e. The van der Waals surface area contributed by atoms with E-state index in [2.05, 4.69) is 11.9 Å². The fraction of sp³-hybridized carbons (Fsp3) is 0.643. The van der Waals surface area contributed by atoms with Crippen molar-refractivity contribution in [2.45, 2.75) is 52.1 Å². The first-order chi connectivity index (χ1) is 8.95. The molecule has 0 fully saturated rings. The van der Waals surface area contributed by atoms with E-state index in [1.54, 1.807) is 16.7 Å². The highest BCUT2D eigenvalue weighted by molar-refractivity contribution is 7.88. The quantitative estimate of drug-likeness (QED) is 0.690. The third kappa shape index (κ3) is 5.70. The molecular weight excluding hydrogens is 260 g/mol. The Bertz CT molecular complexity index is 460. The molecule has 1 rings (SSSR count). The molecule has 1 heterocycles. The van der Waals surface area contributed by atoms with Crippen LogP contribution in [0.25, 0.3) is 0 Å². The van der Waals surface area contributed by atoms with Gasteiger partial charge in [0, 0.05) is 25.0 Å².